The maximum absolute atomic E-state index is 12.0. The summed E-state index contributed by atoms with van der Waals surface area (Å²) >= 11 is 1.24. The smallest absolute Gasteiger partial charge is 0.338 e. The van der Waals surface area contributed by atoms with Crippen molar-refractivity contribution in [3.05, 3.63) is 46.8 Å². The average molecular weight is 372 g/mol. The molecule has 0 unspecified atom stereocenters. The number of unbranched alkanes of at least 4 members (excludes halogenated alkanes) is 2. The molecule has 1 N–H and O–H groups in total. The van der Waals surface area contributed by atoms with Crippen molar-refractivity contribution in [2.45, 2.75) is 26.2 Å². The lowest BCUT2D eigenvalue weighted by atomic mass is 10.2. The molecule has 0 saturated carbocycles. The van der Waals surface area contributed by atoms with Crippen molar-refractivity contribution in [2.24, 2.45) is 0 Å². The van der Waals surface area contributed by atoms with E-state index in [0.29, 0.717) is 28.5 Å². The molecule has 26 heavy (non-hydrogen) atoms. The van der Waals surface area contributed by atoms with Crippen molar-refractivity contribution >= 4 is 28.2 Å². The Hall–Kier alpha value is -2.85. The Bertz CT molecular complexity index is 778. The first-order chi connectivity index (χ1) is 12.6. The molecule has 0 aliphatic carbocycles. The van der Waals surface area contributed by atoms with Gasteiger partial charge in [-0.25, -0.2) is 4.79 Å². The van der Waals surface area contributed by atoms with Gasteiger partial charge in [-0.3, -0.25) is 4.79 Å². The Morgan fingerprint density at radius 1 is 1.19 bits per heavy atom. The van der Waals surface area contributed by atoms with Crippen LogP contribution in [0.5, 0.6) is 5.75 Å². The van der Waals surface area contributed by atoms with E-state index in [2.05, 4.69) is 12.2 Å². The average Bonchev–Trinajstić information content (AvgIpc) is 3.11. The molecule has 7 heteroatoms. The summed E-state index contributed by atoms with van der Waals surface area (Å²) in [4.78, 5) is 23.8. The lowest BCUT2D eigenvalue weighted by Crippen LogP contribution is -2.20. The minimum atomic E-state index is -0.593. The molecule has 1 heterocycles. The van der Waals surface area contributed by atoms with Gasteiger partial charge >= 0.3 is 5.97 Å². The SMILES string of the molecule is CCCCCOc1ccc(C(=O)OCC(=O)Nc2sccc2C#N)cc1. The Balaban J connectivity index is 1.78. The van der Waals surface area contributed by atoms with Crippen LogP contribution in [-0.4, -0.2) is 25.1 Å². The Morgan fingerprint density at radius 3 is 2.65 bits per heavy atom. The summed E-state index contributed by atoms with van der Waals surface area (Å²) in [5, 5.41) is 13.6. The number of nitrogens with zero attached hydrogens (tertiary/aromatic N) is 1. The number of anilines is 1. The first kappa shape index (κ1) is 19.5. The molecule has 0 fully saturated rings. The number of esters is 1. The maximum atomic E-state index is 12.0. The third-order valence-electron chi connectivity index (χ3n) is 3.48. The number of hydrogen-bond acceptors (Lipinski definition) is 6. The number of nitriles is 1. The molecule has 0 radical (unpaired) electrons. The van der Waals surface area contributed by atoms with Gasteiger partial charge in [-0.15, -0.1) is 11.3 Å². The van der Waals surface area contributed by atoms with Crippen LogP contribution in [0.25, 0.3) is 0 Å². The summed E-state index contributed by atoms with van der Waals surface area (Å²) in [6, 6.07) is 10.2. The first-order valence-electron chi connectivity index (χ1n) is 8.31. The molecule has 0 aliphatic rings. The van der Waals surface area contributed by atoms with Crippen LogP contribution in [0.4, 0.5) is 5.00 Å². The predicted molar refractivity (Wildman–Crippen MR) is 99.4 cm³/mol. The van der Waals surface area contributed by atoms with E-state index >= 15 is 0 Å². The molecule has 1 amide bonds. The molecule has 2 rings (SSSR count). The van der Waals surface area contributed by atoms with Crippen molar-refractivity contribution in [2.75, 3.05) is 18.5 Å². The van der Waals surface area contributed by atoms with Gasteiger partial charge in [-0.05, 0) is 42.1 Å². The molecule has 0 spiro atoms. The highest BCUT2D eigenvalue weighted by molar-refractivity contribution is 7.14. The van der Waals surface area contributed by atoms with Crippen molar-refractivity contribution < 1.29 is 19.1 Å². The predicted octanol–water partition coefficient (Wildman–Crippen LogP) is 3.98. The van der Waals surface area contributed by atoms with Gasteiger partial charge in [0.1, 0.15) is 16.8 Å². The number of ether oxygens (including phenoxy) is 2. The number of thiophene rings is 1. The highest BCUT2D eigenvalue weighted by atomic mass is 32.1. The number of carbonyl (C=O) groups excluding carboxylic acids is 2. The maximum Gasteiger partial charge on any atom is 0.338 e. The van der Waals surface area contributed by atoms with E-state index in [-0.39, 0.29) is 0 Å². The summed E-state index contributed by atoms with van der Waals surface area (Å²) in [7, 11) is 0. The van der Waals surface area contributed by atoms with Crippen LogP contribution >= 0.6 is 11.3 Å². The topological polar surface area (TPSA) is 88.4 Å². The number of hydrogen-bond donors (Lipinski definition) is 1. The summed E-state index contributed by atoms with van der Waals surface area (Å²) in [6.07, 6.45) is 3.24. The molecule has 136 valence electrons. The number of carbonyl (C=O) groups is 2. The Morgan fingerprint density at radius 2 is 1.96 bits per heavy atom. The molecule has 2 aromatic rings. The van der Waals surface area contributed by atoms with Crippen molar-refractivity contribution in [3.63, 3.8) is 0 Å². The van der Waals surface area contributed by atoms with Gasteiger partial charge in [-0.2, -0.15) is 5.26 Å². The molecule has 0 atom stereocenters. The van der Waals surface area contributed by atoms with Crippen LogP contribution in [-0.2, 0) is 9.53 Å². The Labute approximate surface area is 156 Å². The van der Waals surface area contributed by atoms with Crippen molar-refractivity contribution in [3.8, 4) is 11.8 Å². The lowest BCUT2D eigenvalue weighted by molar-refractivity contribution is -0.119. The minimum absolute atomic E-state index is 0.340. The van der Waals surface area contributed by atoms with E-state index in [0.717, 1.165) is 19.3 Å². The zero-order valence-electron chi connectivity index (χ0n) is 14.5. The fourth-order valence-electron chi connectivity index (χ4n) is 2.10. The van der Waals surface area contributed by atoms with Gasteiger partial charge < -0.3 is 14.8 Å². The number of rotatable bonds is 9. The number of benzene rings is 1. The standard InChI is InChI=1S/C19H20N2O4S/c1-2-3-4-10-24-16-7-5-14(6-8-16)19(23)25-13-17(22)21-18-15(12-20)9-11-26-18/h5-9,11H,2-4,10,13H2,1H3,(H,21,22). The molecular weight excluding hydrogens is 352 g/mol. The lowest BCUT2D eigenvalue weighted by Gasteiger charge is -2.08. The summed E-state index contributed by atoms with van der Waals surface area (Å²) in [5.74, 6) is -0.394. The monoisotopic (exact) mass is 372 g/mol. The van der Waals surface area contributed by atoms with E-state index in [1.807, 2.05) is 6.07 Å². The van der Waals surface area contributed by atoms with Gasteiger partial charge in [0.2, 0.25) is 0 Å². The highest BCUT2D eigenvalue weighted by Gasteiger charge is 2.12. The number of amides is 1. The van der Waals surface area contributed by atoms with Gasteiger partial charge in [-0.1, -0.05) is 19.8 Å². The van der Waals surface area contributed by atoms with Crippen LogP contribution in [0, 0.1) is 11.3 Å². The fourth-order valence-corrected chi connectivity index (χ4v) is 2.85. The van der Waals surface area contributed by atoms with Crippen LogP contribution in [0.2, 0.25) is 0 Å². The number of nitrogens with one attached hydrogen (secondary N) is 1. The summed E-state index contributed by atoms with van der Waals surface area (Å²) in [5.41, 5.74) is 0.719. The second-order valence-electron chi connectivity index (χ2n) is 5.48. The first-order valence-corrected chi connectivity index (χ1v) is 9.19. The molecule has 1 aromatic heterocycles. The van der Waals surface area contributed by atoms with E-state index in [1.165, 1.54) is 11.3 Å². The summed E-state index contributed by atoms with van der Waals surface area (Å²) < 4.78 is 10.6. The molecule has 0 aliphatic heterocycles. The third-order valence-corrected chi connectivity index (χ3v) is 4.31. The van der Waals surface area contributed by atoms with E-state index in [4.69, 9.17) is 14.7 Å². The quantitative estimate of drug-likeness (QED) is 0.531. The molecule has 1 aromatic carbocycles. The van der Waals surface area contributed by atoms with Crippen LogP contribution in [0.1, 0.15) is 42.1 Å². The van der Waals surface area contributed by atoms with E-state index < -0.39 is 18.5 Å². The molecule has 0 bridgehead atoms. The van der Waals surface area contributed by atoms with Crippen molar-refractivity contribution in [1.82, 2.24) is 0 Å². The molecule has 0 saturated heterocycles. The van der Waals surface area contributed by atoms with Crippen LogP contribution < -0.4 is 10.1 Å². The van der Waals surface area contributed by atoms with Crippen molar-refractivity contribution in [1.29, 1.82) is 5.26 Å². The third kappa shape index (κ3) is 5.90. The van der Waals surface area contributed by atoms with Crippen LogP contribution in [0.3, 0.4) is 0 Å². The minimum Gasteiger partial charge on any atom is -0.494 e. The second kappa shape index (κ2) is 10.2. The normalized spacial score (nSPS) is 10.0. The molecular formula is C19H20N2O4S. The fraction of sp³-hybridized carbons (Fsp3) is 0.316. The van der Waals surface area contributed by atoms with E-state index in [9.17, 15) is 9.59 Å². The summed E-state index contributed by atoms with van der Waals surface area (Å²) in [6.45, 7) is 2.35. The van der Waals surface area contributed by atoms with Gasteiger partial charge in [0.25, 0.3) is 5.91 Å². The highest BCUT2D eigenvalue weighted by Crippen LogP contribution is 2.22. The zero-order chi connectivity index (χ0) is 18.8. The van der Waals surface area contributed by atoms with Gasteiger partial charge in [0.15, 0.2) is 6.61 Å². The second-order valence-corrected chi connectivity index (χ2v) is 6.40. The van der Waals surface area contributed by atoms with Gasteiger partial charge in [0.05, 0.1) is 17.7 Å². The van der Waals surface area contributed by atoms with Crippen LogP contribution in [0.15, 0.2) is 35.7 Å². The molecule has 6 nitrogen and oxygen atoms in total. The Kier molecular flexibility index (Phi) is 7.65. The zero-order valence-corrected chi connectivity index (χ0v) is 15.3. The van der Waals surface area contributed by atoms with Gasteiger partial charge in [0, 0.05) is 0 Å². The van der Waals surface area contributed by atoms with E-state index in [1.54, 1.807) is 35.7 Å². The largest absolute Gasteiger partial charge is 0.494 e.